The number of nitrogens with one attached hydrogen (secondary N) is 4. The monoisotopic (exact) mass is 516 g/mol. The number of benzene rings is 1. The molecule has 0 saturated carbocycles. The Morgan fingerprint density at radius 2 is 0.973 bits per heavy atom. The van der Waals surface area contributed by atoms with Gasteiger partial charge in [0.05, 0.1) is 0 Å². The Bertz CT molecular complexity index is 878. The maximum atomic E-state index is 12.9. The van der Waals surface area contributed by atoms with Crippen molar-refractivity contribution in [3.63, 3.8) is 0 Å². The van der Waals surface area contributed by atoms with Crippen LogP contribution in [-0.4, -0.2) is 35.7 Å². The van der Waals surface area contributed by atoms with E-state index in [2.05, 4.69) is 35.1 Å². The number of carbonyl (C=O) groups excluding carboxylic acids is 4. The Hall–Kier alpha value is -2.90. The third-order valence-corrected chi connectivity index (χ3v) is 5.65. The Labute approximate surface area is 223 Å². The molecule has 0 fully saturated rings. The quantitative estimate of drug-likeness (QED) is 0.259. The van der Waals surface area contributed by atoms with E-state index in [9.17, 15) is 19.2 Å². The molecule has 1 aromatic carbocycles. The van der Waals surface area contributed by atoms with Gasteiger partial charge in [0.1, 0.15) is 12.1 Å². The minimum Gasteiger partial charge on any atom is -0.344 e. The first-order valence-electron chi connectivity index (χ1n) is 13.6. The summed E-state index contributed by atoms with van der Waals surface area (Å²) < 4.78 is 0. The fourth-order valence-corrected chi connectivity index (χ4v) is 3.82. The van der Waals surface area contributed by atoms with Crippen LogP contribution in [0.15, 0.2) is 24.3 Å². The minimum absolute atomic E-state index is 0.131. The van der Waals surface area contributed by atoms with E-state index in [-0.39, 0.29) is 41.4 Å². The van der Waals surface area contributed by atoms with Gasteiger partial charge in [0.2, 0.25) is 23.6 Å². The molecule has 208 valence electrons. The lowest BCUT2D eigenvalue weighted by Gasteiger charge is -2.21. The van der Waals surface area contributed by atoms with Crippen LogP contribution in [0.3, 0.4) is 0 Å². The van der Waals surface area contributed by atoms with Gasteiger partial charge in [-0.05, 0) is 67.2 Å². The molecule has 0 spiro atoms. The predicted octanol–water partition coefficient (Wildman–Crippen LogP) is 5.11. The zero-order valence-corrected chi connectivity index (χ0v) is 23.9. The summed E-state index contributed by atoms with van der Waals surface area (Å²) in [6.07, 6.45) is 2.64. The van der Waals surface area contributed by atoms with Crippen molar-refractivity contribution in [2.75, 3.05) is 10.6 Å². The number of amides is 4. The Balaban J connectivity index is 2.83. The van der Waals surface area contributed by atoms with Gasteiger partial charge >= 0.3 is 0 Å². The van der Waals surface area contributed by atoms with Gasteiger partial charge in [-0.1, -0.05) is 55.4 Å². The third kappa shape index (κ3) is 13.8. The van der Waals surface area contributed by atoms with E-state index in [4.69, 9.17) is 0 Å². The molecule has 0 aliphatic carbocycles. The number of hydrogen-bond acceptors (Lipinski definition) is 4. The molecule has 2 atom stereocenters. The highest BCUT2D eigenvalue weighted by Crippen LogP contribution is 2.17. The van der Waals surface area contributed by atoms with Gasteiger partial charge in [0, 0.05) is 24.2 Å². The smallest absolute Gasteiger partial charge is 0.246 e. The van der Waals surface area contributed by atoms with Crippen molar-refractivity contribution in [1.29, 1.82) is 0 Å². The highest BCUT2D eigenvalue weighted by Gasteiger charge is 2.23. The molecule has 8 heteroatoms. The Kier molecular flexibility index (Phi) is 13.9. The maximum absolute atomic E-state index is 12.9. The fraction of sp³-hybridized carbons (Fsp3) is 0.655. The lowest BCUT2D eigenvalue weighted by molar-refractivity contribution is -0.127. The highest BCUT2D eigenvalue weighted by atomic mass is 16.2. The van der Waals surface area contributed by atoms with E-state index < -0.39 is 12.1 Å². The second kappa shape index (κ2) is 16.0. The molecule has 37 heavy (non-hydrogen) atoms. The average molecular weight is 517 g/mol. The van der Waals surface area contributed by atoms with Crippen molar-refractivity contribution in [1.82, 2.24) is 10.6 Å². The van der Waals surface area contributed by atoms with Crippen LogP contribution in [0.5, 0.6) is 0 Å². The van der Waals surface area contributed by atoms with E-state index >= 15 is 0 Å². The molecular formula is C29H48N4O4. The molecule has 0 heterocycles. The van der Waals surface area contributed by atoms with Crippen LogP contribution in [0.25, 0.3) is 0 Å². The molecule has 0 aliphatic heterocycles. The summed E-state index contributed by atoms with van der Waals surface area (Å²) in [5.41, 5.74) is 1.14. The third-order valence-electron chi connectivity index (χ3n) is 5.65. The van der Waals surface area contributed by atoms with Gasteiger partial charge in [-0.3, -0.25) is 19.2 Å². The second-order valence-corrected chi connectivity index (χ2v) is 11.6. The highest BCUT2D eigenvalue weighted by molar-refractivity contribution is 5.99. The van der Waals surface area contributed by atoms with Crippen LogP contribution in [0.4, 0.5) is 11.4 Å². The zero-order valence-electron chi connectivity index (χ0n) is 23.9. The van der Waals surface area contributed by atoms with Crippen LogP contribution in [0.1, 0.15) is 87.5 Å². The van der Waals surface area contributed by atoms with Gasteiger partial charge in [-0.2, -0.15) is 0 Å². The number of carbonyl (C=O) groups is 4. The van der Waals surface area contributed by atoms with E-state index in [1.807, 2.05) is 41.5 Å². The van der Waals surface area contributed by atoms with Crippen molar-refractivity contribution >= 4 is 35.0 Å². The van der Waals surface area contributed by atoms with E-state index in [1.54, 1.807) is 24.3 Å². The van der Waals surface area contributed by atoms with E-state index in [0.717, 1.165) is 6.42 Å². The van der Waals surface area contributed by atoms with Crippen molar-refractivity contribution in [3.05, 3.63) is 24.3 Å². The SMILES string of the molecule is CC(C)CC[C@H](NC(=O)CC(C)C)C(=O)Nc1ccc(NC(=O)[C@H](CC(C)C)NC(=O)CC(C)C)cc1. The first kappa shape index (κ1) is 32.1. The van der Waals surface area contributed by atoms with Crippen molar-refractivity contribution in [3.8, 4) is 0 Å². The molecular weight excluding hydrogens is 468 g/mol. The summed E-state index contributed by atoms with van der Waals surface area (Å²) in [6, 6.07) is 5.59. The molecule has 4 N–H and O–H groups in total. The molecule has 1 rings (SSSR count). The van der Waals surface area contributed by atoms with Crippen LogP contribution < -0.4 is 21.3 Å². The summed E-state index contributed by atoms with van der Waals surface area (Å²) >= 11 is 0. The zero-order chi connectivity index (χ0) is 28.1. The summed E-state index contributed by atoms with van der Waals surface area (Å²) in [4.78, 5) is 50.4. The molecule has 0 aliphatic rings. The lowest BCUT2D eigenvalue weighted by Crippen LogP contribution is -2.44. The summed E-state index contributed by atoms with van der Waals surface area (Å²) in [6.45, 7) is 16.0. The predicted molar refractivity (Wildman–Crippen MR) is 150 cm³/mol. The van der Waals surface area contributed by atoms with E-state index in [0.29, 0.717) is 43.0 Å². The molecule has 0 bridgehead atoms. The summed E-state index contributed by atoms with van der Waals surface area (Å²) in [5, 5.41) is 11.5. The van der Waals surface area contributed by atoms with Crippen LogP contribution in [0.2, 0.25) is 0 Å². The fourth-order valence-electron chi connectivity index (χ4n) is 3.82. The van der Waals surface area contributed by atoms with E-state index in [1.165, 1.54) is 0 Å². The first-order chi connectivity index (χ1) is 17.3. The number of hydrogen-bond donors (Lipinski definition) is 4. The van der Waals surface area contributed by atoms with Crippen molar-refractivity contribution in [2.45, 2.75) is 99.6 Å². The molecule has 0 aromatic heterocycles. The minimum atomic E-state index is -0.623. The average Bonchev–Trinajstić information content (AvgIpc) is 2.75. The van der Waals surface area contributed by atoms with Crippen molar-refractivity contribution in [2.24, 2.45) is 23.7 Å². The van der Waals surface area contributed by atoms with Gasteiger partial charge in [-0.15, -0.1) is 0 Å². The van der Waals surface area contributed by atoms with Crippen molar-refractivity contribution < 1.29 is 19.2 Å². The first-order valence-corrected chi connectivity index (χ1v) is 13.6. The molecule has 8 nitrogen and oxygen atoms in total. The summed E-state index contributed by atoms with van der Waals surface area (Å²) in [7, 11) is 0. The number of rotatable bonds is 15. The van der Waals surface area contributed by atoms with Crippen LogP contribution in [0, 0.1) is 23.7 Å². The van der Waals surface area contributed by atoms with Gasteiger partial charge in [0.25, 0.3) is 0 Å². The van der Waals surface area contributed by atoms with Crippen LogP contribution >= 0.6 is 0 Å². The Morgan fingerprint density at radius 1 is 0.568 bits per heavy atom. The van der Waals surface area contributed by atoms with Gasteiger partial charge < -0.3 is 21.3 Å². The molecule has 0 unspecified atom stereocenters. The standard InChI is InChI=1S/C29H48N4O4/c1-18(2)9-14-24(32-26(34)16-20(5)6)28(36)30-22-10-12-23(13-11-22)31-29(37)25(15-19(3)4)33-27(35)17-21(7)8/h10-13,18-21,24-25H,9,14-17H2,1-8H3,(H,30,36)(H,31,37)(H,32,34)(H,33,35)/t24-,25-/m0/s1. The van der Waals surface area contributed by atoms with Crippen LogP contribution in [-0.2, 0) is 19.2 Å². The lowest BCUT2D eigenvalue weighted by atomic mass is 10.0. The molecule has 0 saturated heterocycles. The molecule has 4 amide bonds. The molecule has 0 radical (unpaired) electrons. The van der Waals surface area contributed by atoms with Gasteiger partial charge in [0.15, 0.2) is 0 Å². The number of anilines is 2. The largest absolute Gasteiger partial charge is 0.344 e. The Morgan fingerprint density at radius 3 is 1.35 bits per heavy atom. The topological polar surface area (TPSA) is 116 Å². The summed E-state index contributed by atoms with van der Waals surface area (Å²) in [5.74, 6) is 0.254. The maximum Gasteiger partial charge on any atom is 0.246 e. The second-order valence-electron chi connectivity index (χ2n) is 11.6. The molecule has 1 aromatic rings. The normalized spacial score (nSPS) is 13.0. The van der Waals surface area contributed by atoms with Gasteiger partial charge in [-0.25, -0.2) is 0 Å².